The zero-order valence-corrected chi connectivity index (χ0v) is 14.6. The van der Waals surface area contributed by atoms with Crippen molar-refractivity contribution in [2.75, 3.05) is 0 Å². The summed E-state index contributed by atoms with van der Waals surface area (Å²) in [4.78, 5) is 0. The Bertz CT molecular complexity index is 656. The summed E-state index contributed by atoms with van der Waals surface area (Å²) in [5.74, 6) is 1.87. The molecule has 0 saturated heterocycles. The van der Waals surface area contributed by atoms with Gasteiger partial charge in [0.05, 0.1) is 11.6 Å². The molecular formula is C19H25F3NO+. The molecule has 2 aromatic rings. The van der Waals surface area contributed by atoms with Gasteiger partial charge in [-0.1, -0.05) is 26.0 Å². The van der Waals surface area contributed by atoms with Gasteiger partial charge in [0, 0.05) is 17.4 Å². The van der Waals surface area contributed by atoms with E-state index < -0.39 is 11.7 Å². The molecule has 0 aliphatic heterocycles. The molecule has 1 heterocycles. The Morgan fingerprint density at radius 3 is 2.17 bits per heavy atom. The topological polar surface area (TPSA) is 29.8 Å². The van der Waals surface area contributed by atoms with Gasteiger partial charge < -0.3 is 9.73 Å². The van der Waals surface area contributed by atoms with E-state index in [1.165, 1.54) is 0 Å². The van der Waals surface area contributed by atoms with Crippen LogP contribution in [0.4, 0.5) is 13.2 Å². The van der Waals surface area contributed by atoms with Gasteiger partial charge in [-0.3, -0.25) is 0 Å². The second-order valence-corrected chi connectivity index (χ2v) is 7.11. The summed E-state index contributed by atoms with van der Waals surface area (Å²) in [6.45, 7) is 9.01. The molecule has 2 rings (SSSR count). The van der Waals surface area contributed by atoms with Crippen LogP contribution in [0, 0.1) is 6.92 Å². The second kappa shape index (κ2) is 7.01. The maximum absolute atomic E-state index is 12.6. The third-order valence-corrected chi connectivity index (χ3v) is 4.28. The largest absolute Gasteiger partial charge is 0.466 e. The number of furan rings is 1. The van der Waals surface area contributed by atoms with Crippen molar-refractivity contribution in [3.8, 4) is 0 Å². The fourth-order valence-corrected chi connectivity index (χ4v) is 2.95. The molecule has 0 amide bonds. The van der Waals surface area contributed by atoms with Crippen molar-refractivity contribution in [3.05, 3.63) is 59.0 Å². The van der Waals surface area contributed by atoms with Crippen LogP contribution < -0.4 is 5.32 Å². The zero-order valence-electron chi connectivity index (χ0n) is 14.6. The van der Waals surface area contributed by atoms with Gasteiger partial charge in [-0.05, 0) is 38.1 Å². The smallest absolute Gasteiger partial charge is 0.416 e. The van der Waals surface area contributed by atoms with Crippen LogP contribution in [0.3, 0.4) is 0 Å². The minimum absolute atomic E-state index is 0.0790. The van der Waals surface area contributed by atoms with Crippen molar-refractivity contribution >= 4 is 0 Å². The molecule has 5 heteroatoms. The van der Waals surface area contributed by atoms with Crippen molar-refractivity contribution in [1.29, 1.82) is 0 Å². The lowest BCUT2D eigenvalue weighted by atomic mass is 9.83. The third-order valence-electron chi connectivity index (χ3n) is 4.28. The Balaban J connectivity index is 1.90. The lowest BCUT2D eigenvalue weighted by Gasteiger charge is -2.25. The van der Waals surface area contributed by atoms with Crippen LogP contribution in [0.1, 0.15) is 49.8 Å². The van der Waals surface area contributed by atoms with E-state index in [9.17, 15) is 13.2 Å². The van der Waals surface area contributed by atoms with Gasteiger partial charge in [-0.25, -0.2) is 0 Å². The van der Waals surface area contributed by atoms with E-state index in [-0.39, 0.29) is 5.41 Å². The maximum Gasteiger partial charge on any atom is 0.416 e. The molecule has 0 spiro atoms. The summed E-state index contributed by atoms with van der Waals surface area (Å²) in [5, 5.41) is 2.15. The Hall–Kier alpha value is -1.75. The van der Waals surface area contributed by atoms with Crippen LogP contribution in [0.2, 0.25) is 0 Å². The number of aryl methyl sites for hydroxylation is 1. The predicted octanol–water partition coefficient (Wildman–Crippen LogP) is 4.43. The van der Waals surface area contributed by atoms with Gasteiger partial charge in [0.25, 0.3) is 0 Å². The molecule has 24 heavy (non-hydrogen) atoms. The summed E-state index contributed by atoms with van der Waals surface area (Å²) in [5.41, 5.74) is 0.208. The number of hydrogen-bond acceptors (Lipinski definition) is 1. The molecule has 1 aromatic carbocycles. The molecule has 0 fully saturated rings. The lowest BCUT2D eigenvalue weighted by molar-refractivity contribution is -0.702. The summed E-state index contributed by atoms with van der Waals surface area (Å²) in [6.07, 6.45) is -3.36. The van der Waals surface area contributed by atoms with Crippen LogP contribution >= 0.6 is 0 Å². The standard InChI is InChI=1S/C19H24F3NO/c1-13(11-18(3,4)17-10-5-14(2)24-17)23-12-15-6-8-16(9-7-15)19(20,21)22/h5-10,13,23H,11-12H2,1-4H3/p+1/t13-/m0/s1. The van der Waals surface area contributed by atoms with E-state index in [1.54, 1.807) is 12.1 Å². The molecule has 1 atom stereocenters. The quantitative estimate of drug-likeness (QED) is 0.828. The number of nitrogens with two attached hydrogens (primary N) is 1. The SMILES string of the molecule is Cc1ccc(C(C)(C)C[C@H](C)[NH2+]Cc2ccc(C(F)(F)F)cc2)o1. The van der Waals surface area contributed by atoms with Gasteiger partial charge in [0.1, 0.15) is 18.1 Å². The van der Waals surface area contributed by atoms with Crippen LogP contribution in [0.25, 0.3) is 0 Å². The molecule has 0 unspecified atom stereocenters. The minimum atomic E-state index is -4.28. The highest BCUT2D eigenvalue weighted by molar-refractivity contribution is 5.24. The average Bonchev–Trinajstić information content (AvgIpc) is 2.92. The summed E-state index contributed by atoms with van der Waals surface area (Å²) in [7, 11) is 0. The maximum atomic E-state index is 12.6. The van der Waals surface area contributed by atoms with Crippen molar-refractivity contribution in [2.45, 2.75) is 58.3 Å². The van der Waals surface area contributed by atoms with Crippen molar-refractivity contribution in [2.24, 2.45) is 0 Å². The number of benzene rings is 1. The summed E-state index contributed by atoms with van der Waals surface area (Å²) >= 11 is 0. The van der Waals surface area contributed by atoms with E-state index in [1.807, 2.05) is 19.1 Å². The number of halogens is 3. The average molecular weight is 340 g/mol. The fraction of sp³-hybridized carbons (Fsp3) is 0.474. The minimum Gasteiger partial charge on any atom is -0.466 e. The van der Waals surface area contributed by atoms with Crippen LogP contribution in [-0.4, -0.2) is 6.04 Å². The molecule has 0 aliphatic rings. The van der Waals surface area contributed by atoms with Crippen molar-refractivity contribution in [1.82, 2.24) is 0 Å². The Morgan fingerprint density at radius 1 is 1.04 bits per heavy atom. The highest BCUT2D eigenvalue weighted by Crippen LogP contribution is 2.30. The van der Waals surface area contributed by atoms with Gasteiger partial charge in [0.2, 0.25) is 0 Å². The van der Waals surface area contributed by atoms with Gasteiger partial charge in [-0.2, -0.15) is 13.2 Å². The Labute approximate surface area is 141 Å². The molecular weight excluding hydrogens is 315 g/mol. The molecule has 0 aliphatic carbocycles. The summed E-state index contributed by atoms with van der Waals surface area (Å²) in [6, 6.07) is 9.69. The molecule has 0 saturated carbocycles. The van der Waals surface area contributed by atoms with Crippen LogP contribution in [-0.2, 0) is 18.1 Å². The molecule has 0 radical (unpaired) electrons. The first-order valence-electron chi connectivity index (χ1n) is 8.14. The second-order valence-electron chi connectivity index (χ2n) is 7.11. The molecule has 2 N–H and O–H groups in total. The number of rotatable bonds is 6. The number of hydrogen-bond donors (Lipinski definition) is 1. The monoisotopic (exact) mass is 340 g/mol. The van der Waals surface area contributed by atoms with E-state index in [0.717, 1.165) is 35.6 Å². The van der Waals surface area contributed by atoms with Gasteiger partial charge in [-0.15, -0.1) is 0 Å². The normalized spacial score (nSPS) is 14.0. The van der Waals surface area contributed by atoms with Crippen molar-refractivity contribution in [3.63, 3.8) is 0 Å². The Kier molecular flexibility index (Phi) is 5.43. The zero-order chi connectivity index (χ0) is 18.0. The molecule has 0 bridgehead atoms. The van der Waals surface area contributed by atoms with Crippen molar-refractivity contribution < 1.29 is 22.9 Å². The first-order valence-corrected chi connectivity index (χ1v) is 8.14. The van der Waals surface area contributed by atoms with E-state index in [2.05, 4.69) is 26.1 Å². The highest BCUT2D eigenvalue weighted by Gasteiger charge is 2.30. The van der Waals surface area contributed by atoms with E-state index in [0.29, 0.717) is 12.6 Å². The highest BCUT2D eigenvalue weighted by atomic mass is 19.4. The van der Waals surface area contributed by atoms with E-state index >= 15 is 0 Å². The summed E-state index contributed by atoms with van der Waals surface area (Å²) < 4.78 is 43.4. The lowest BCUT2D eigenvalue weighted by Crippen LogP contribution is -2.88. The number of alkyl halides is 3. The van der Waals surface area contributed by atoms with Crippen LogP contribution in [0.5, 0.6) is 0 Å². The molecule has 132 valence electrons. The predicted molar refractivity (Wildman–Crippen MR) is 87.6 cm³/mol. The van der Waals surface area contributed by atoms with Gasteiger partial charge >= 0.3 is 6.18 Å². The van der Waals surface area contributed by atoms with E-state index in [4.69, 9.17) is 4.42 Å². The third kappa shape index (κ3) is 4.87. The van der Waals surface area contributed by atoms with Gasteiger partial charge in [0.15, 0.2) is 0 Å². The fourth-order valence-electron chi connectivity index (χ4n) is 2.95. The first-order chi connectivity index (χ1) is 11.1. The first kappa shape index (κ1) is 18.6. The molecule has 1 aromatic heterocycles. The number of quaternary nitrogens is 1. The molecule has 2 nitrogen and oxygen atoms in total. The Morgan fingerprint density at radius 2 is 1.67 bits per heavy atom. The van der Waals surface area contributed by atoms with Crippen LogP contribution in [0.15, 0.2) is 40.8 Å².